The van der Waals surface area contributed by atoms with Crippen LogP contribution in [0.4, 0.5) is 4.79 Å². The monoisotopic (exact) mass is 240 g/mol. The zero-order valence-electron chi connectivity index (χ0n) is 11.4. The quantitative estimate of drug-likeness (QED) is 0.650. The van der Waals surface area contributed by atoms with Crippen LogP contribution in [-0.4, -0.2) is 53.7 Å². The van der Waals surface area contributed by atoms with Crippen LogP contribution in [-0.2, 0) is 4.74 Å². The van der Waals surface area contributed by atoms with Gasteiger partial charge in [-0.15, -0.1) is 0 Å². The lowest BCUT2D eigenvalue weighted by molar-refractivity contribution is 0.0147. The van der Waals surface area contributed by atoms with Crippen molar-refractivity contribution in [3.63, 3.8) is 0 Å². The van der Waals surface area contributed by atoms with Crippen molar-refractivity contribution >= 4 is 6.09 Å². The number of rotatable bonds is 0. The fourth-order valence-electron chi connectivity index (χ4n) is 2.96. The van der Waals surface area contributed by atoms with Gasteiger partial charge in [0.05, 0.1) is 6.04 Å². The second kappa shape index (κ2) is 4.48. The summed E-state index contributed by atoms with van der Waals surface area (Å²) >= 11 is 0. The Morgan fingerprint density at radius 2 is 1.88 bits per heavy atom. The highest BCUT2D eigenvalue weighted by Crippen LogP contribution is 2.30. The summed E-state index contributed by atoms with van der Waals surface area (Å²) in [5.41, 5.74) is -0.393. The largest absolute Gasteiger partial charge is 0.444 e. The first-order chi connectivity index (χ1) is 7.88. The number of carbonyl (C=O) groups excluding carboxylic acids is 1. The molecule has 2 heterocycles. The van der Waals surface area contributed by atoms with Gasteiger partial charge in [0.15, 0.2) is 0 Å². The second-order valence-electron chi connectivity index (χ2n) is 6.22. The summed E-state index contributed by atoms with van der Waals surface area (Å²) < 4.78 is 5.47. The van der Waals surface area contributed by atoms with Gasteiger partial charge in [-0.05, 0) is 53.6 Å². The van der Waals surface area contributed by atoms with Crippen LogP contribution < -0.4 is 0 Å². The Labute approximate surface area is 104 Å². The number of hydrogen-bond acceptors (Lipinski definition) is 3. The molecule has 2 unspecified atom stereocenters. The van der Waals surface area contributed by atoms with Crippen LogP contribution >= 0.6 is 0 Å². The highest BCUT2D eigenvalue weighted by atomic mass is 16.6. The van der Waals surface area contributed by atoms with E-state index in [-0.39, 0.29) is 6.09 Å². The molecule has 0 aromatic heterocycles. The van der Waals surface area contributed by atoms with E-state index in [4.69, 9.17) is 4.74 Å². The van der Waals surface area contributed by atoms with E-state index in [9.17, 15) is 4.79 Å². The molecule has 0 aromatic rings. The van der Waals surface area contributed by atoms with Crippen molar-refractivity contribution in [3.05, 3.63) is 0 Å². The lowest BCUT2D eigenvalue weighted by Gasteiger charge is -2.38. The van der Waals surface area contributed by atoms with Crippen LogP contribution in [0.15, 0.2) is 0 Å². The smallest absolute Gasteiger partial charge is 0.410 e. The van der Waals surface area contributed by atoms with Crippen molar-refractivity contribution in [1.82, 2.24) is 9.80 Å². The van der Waals surface area contributed by atoms with Crippen LogP contribution in [0.5, 0.6) is 0 Å². The average Bonchev–Trinajstić information content (AvgIpc) is 2.60. The molecule has 0 N–H and O–H groups in total. The Morgan fingerprint density at radius 1 is 1.18 bits per heavy atom. The van der Waals surface area contributed by atoms with Gasteiger partial charge in [0.1, 0.15) is 5.60 Å². The summed E-state index contributed by atoms with van der Waals surface area (Å²) in [5, 5.41) is 0. The third-order valence-electron chi connectivity index (χ3n) is 3.72. The maximum absolute atomic E-state index is 12.1. The maximum Gasteiger partial charge on any atom is 0.410 e. The molecule has 2 aliphatic rings. The normalized spacial score (nSPS) is 30.2. The van der Waals surface area contributed by atoms with Gasteiger partial charge >= 0.3 is 6.09 Å². The van der Waals surface area contributed by atoms with Crippen LogP contribution in [0.3, 0.4) is 0 Å². The number of likely N-dealkylation sites (tertiary alicyclic amines) is 2. The standard InChI is InChI=1S/C13H24N2O2/c1-13(2,3)17-12(16)15-9-7-10-11(15)6-5-8-14(10)4/h10-11H,5-9H2,1-4H3. The Balaban J connectivity index is 2.01. The first-order valence-electron chi connectivity index (χ1n) is 6.58. The summed E-state index contributed by atoms with van der Waals surface area (Å²) in [5.74, 6) is 0. The SMILES string of the molecule is CN1CCCC2C1CCN2C(=O)OC(C)(C)C. The Kier molecular flexibility index (Phi) is 3.34. The molecule has 2 aliphatic heterocycles. The average molecular weight is 240 g/mol. The molecule has 17 heavy (non-hydrogen) atoms. The molecule has 2 rings (SSSR count). The van der Waals surface area contributed by atoms with E-state index in [1.807, 2.05) is 25.7 Å². The number of ether oxygens (including phenoxy) is 1. The molecule has 4 nitrogen and oxygen atoms in total. The van der Waals surface area contributed by atoms with Gasteiger partial charge in [0.2, 0.25) is 0 Å². The van der Waals surface area contributed by atoms with Crippen molar-refractivity contribution in [3.8, 4) is 0 Å². The van der Waals surface area contributed by atoms with Crippen molar-refractivity contribution < 1.29 is 9.53 Å². The molecule has 98 valence electrons. The summed E-state index contributed by atoms with van der Waals surface area (Å²) in [6, 6.07) is 0.903. The third kappa shape index (κ3) is 2.73. The highest BCUT2D eigenvalue weighted by molar-refractivity contribution is 5.69. The Bertz CT molecular complexity index is 298. The Morgan fingerprint density at radius 3 is 2.53 bits per heavy atom. The summed E-state index contributed by atoms with van der Waals surface area (Å²) in [6.07, 6.45) is 3.24. The van der Waals surface area contributed by atoms with Crippen molar-refractivity contribution in [2.24, 2.45) is 0 Å². The minimum absolute atomic E-state index is 0.139. The predicted octanol–water partition coefficient (Wildman–Crippen LogP) is 2.09. The molecule has 0 radical (unpaired) electrons. The summed E-state index contributed by atoms with van der Waals surface area (Å²) in [7, 11) is 2.16. The zero-order valence-corrected chi connectivity index (χ0v) is 11.4. The highest BCUT2D eigenvalue weighted by Gasteiger charge is 2.42. The lowest BCUT2D eigenvalue weighted by Crippen LogP contribution is -2.50. The minimum Gasteiger partial charge on any atom is -0.444 e. The van der Waals surface area contributed by atoms with Gasteiger partial charge in [-0.25, -0.2) is 4.79 Å². The van der Waals surface area contributed by atoms with Crippen LogP contribution in [0, 0.1) is 0 Å². The number of amides is 1. The van der Waals surface area contributed by atoms with E-state index in [0.29, 0.717) is 12.1 Å². The summed E-state index contributed by atoms with van der Waals surface area (Å²) in [4.78, 5) is 16.4. The van der Waals surface area contributed by atoms with E-state index < -0.39 is 5.60 Å². The molecule has 4 heteroatoms. The van der Waals surface area contributed by atoms with E-state index in [2.05, 4.69) is 11.9 Å². The number of likely N-dealkylation sites (N-methyl/N-ethyl adjacent to an activating group) is 1. The van der Waals surface area contributed by atoms with Gasteiger partial charge < -0.3 is 14.5 Å². The van der Waals surface area contributed by atoms with Gasteiger partial charge in [0.25, 0.3) is 0 Å². The molecule has 0 saturated carbocycles. The Hall–Kier alpha value is -0.770. The van der Waals surface area contributed by atoms with Crippen LogP contribution in [0.1, 0.15) is 40.0 Å². The van der Waals surface area contributed by atoms with Crippen LogP contribution in [0.2, 0.25) is 0 Å². The topological polar surface area (TPSA) is 32.8 Å². The van der Waals surface area contributed by atoms with E-state index >= 15 is 0 Å². The maximum atomic E-state index is 12.1. The molecule has 2 saturated heterocycles. The van der Waals surface area contributed by atoms with E-state index in [1.165, 1.54) is 6.42 Å². The first-order valence-corrected chi connectivity index (χ1v) is 6.58. The molecular formula is C13H24N2O2. The third-order valence-corrected chi connectivity index (χ3v) is 3.72. The second-order valence-corrected chi connectivity index (χ2v) is 6.22. The number of fused-ring (bicyclic) bond motifs is 1. The number of piperidine rings is 1. The molecule has 2 atom stereocenters. The molecule has 0 spiro atoms. The molecule has 2 fully saturated rings. The lowest BCUT2D eigenvalue weighted by atomic mass is 9.98. The molecule has 1 amide bonds. The zero-order chi connectivity index (χ0) is 12.6. The molecule has 0 bridgehead atoms. The fourth-order valence-corrected chi connectivity index (χ4v) is 2.96. The number of nitrogens with zero attached hydrogens (tertiary/aromatic N) is 2. The molecular weight excluding hydrogens is 216 g/mol. The number of hydrogen-bond donors (Lipinski definition) is 0. The van der Waals surface area contributed by atoms with Crippen molar-refractivity contribution in [2.45, 2.75) is 57.7 Å². The minimum atomic E-state index is -0.393. The summed E-state index contributed by atoms with van der Waals surface area (Å²) in [6.45, 7) is 7.76. The van der Waals surface area contributed by atoms with E-state index in [0.717, 1.165) is 25.9 Å². The van der Waals surface area contributed by atoms with Crippen LogP contribution in [0.25, 0.3) is 0 Å². The first kappa shape index (κ1) is 12.7. The van der Waals surface area contributed by atoms with E-state index in [1.54, 1.807) is 0 Å². The van der Waals surface area contributed by atoms with Gasteiger partial charge in [0, 0.05) is 12.6 Å². The van der Waals surface area contributed by atoms with Crippen molar-refractivity contribution in [1.29, 1.82) is 0 Å². The van der Waals surface area contributed by atoms with Crippen molar-refractivity contribution in [2.75, 3.05) is 20.1 Å². The van der Waals surface area contributed by atoms with Gasteiger partial charge in [-0.3, -0.25) is 0 Å². The predicted molar refractivity (Wildman–Crippen MR) is 67.0 cm³/mol. The fraction of sp³-hybridized carbons (Fsp3) is 0.923. The molecule has 0 aliphatic carbocycles. The van der Waals surface area contributed by atoms with Gasteiger partial charge in [-0.1, -0.05) is 0 Å². The number of carbonyl (C=O) groups is 1. The van der Waals surface area contributed by atoms with Gasteiger partial charge in [-0.2, -0.15) is 0 Å². The molecule has 0 aromatic carbocycles.